The lowest BCUT2D eigenvalue weighted by atomic mass is 10.2. The van der Waals surface area contributed by atoms with Crippen LogP contribution >= 0.6 is 0 Å². The van der Waals surface area contributed by atoms with Gasteiger partial charge in [0.05, 0.1) is 10.6 Å². The smallest absolute Gasteiger partial charge is 0.269 e. The van der Waals surface area contributed by atoms with Crippen LogP contribution in [0.5, 0.6) is 5.75 Å². The summed E-state index contributed by atoms with van der Waals surface area (Å²) >= 11 is 0. The van der Waals surface area contributed by atoms with Crippen LogP contribution in [0, 0.1) is 17.0 Å². The van der Waals surface area contributed by atoms with Gasteiger partial charge in [0.15, 0.2) is 0 Å². The second kappa shape index (κ2) is 6.27. The van der Waals surface area contributed by atoms with Gasteiger partial charge in [0.2, 0.25) is 5.89 Å². The number of oxazole rings is 1. The van der Waals surface area contributed by atoms with Crippen LogP contribution in [-0.2, 0) is 6.61 Å². The van der Waals surface area contributed by atoms with E-state index in [9.17, 15) is 10.1 Å². The summed E-state index contributed by atoms with van der Waals surface area (Å²) in [6, 6.07) is 9.65. The number of aromatic nitrogens is 2. The Morgan fingerprint density at radius 1 is 1.26 bits per heavy atom. The van der Waals surface area contributed by atoms with E-state index in [2.05, 4.69) is 9.97 Å². The summed E-state index contributed by atoms with van der Waals surface area (Å²) < 4.78 is 11.0. The molecule has 2 aromatic heterocycles. The second-order valence-electron chi connectivity index (χ2n) is 4.82. The van der Waals surface area contributed by atoms with Crippen molar-refractivity contribution in [1.29, 1.82) is 0 Å². The second-order valence-corrected chi connectivity index (χ2v) is 4.82. The fourth-order valence-electron chi connectivity index (χ4n) is 2.01. The molecule has 0 amide bonds. The standard InChI is InChI=1S/C16H13N3O4/c1-11-15(3-2-8-17-11)22-9-13-10-23-16(18-13)12-4-6-14(7-5-12)19(20)21/h2-8,10H,9H2,1H3. The van der Waals surface area contributed by atoms with Crippen LogP contribution in [0.15, 0.2) is 53.3 Å². The number of aryl methyl sites for hydroxylation is 1. The number of hydrogen-bond acceptors (Lipinski definition) is 6. The molecule has 3 aromatic rings. The maximum Gasteiger partial charge on any atom is 0.269 e. The van der Waals surface area contributed by atoms with Crippen molar-refractivity contribution in [3.63, 3.8) is 0 Å². The first-order chi connectivity index (χ1) is 11.1. The lowest BCUT2D eigenvalue weighted by Crippen LogP contribution is -1.98. The number of hydrogen-bond donors (Lipinski definition) is 0. The molecule has 0 aliphatic carbocycles. The molecule has 7 nitrogen and oxygen atoms in total. The molecule has 1 aromatic carbocycles. The number of nitrogens with zero attached hydrogens (tertiary/aromatic N) is 3. The van der Waals surface area contributed by atoms with E-state index in [1.807, 2.05) is 13.0 Å². The van der Waals surface area contributed by atoms with Crippen LogP contribution < -0.4 is 4.74 Å². The quantitative estimate of drug-likeness (QED) is 0.528. The molecule has 0 aliphatic rings. The number of ether oxygens (including phenoxy) is 1. The van der Waals surface area contributed by atoms with Gasteiger partial charge in [-0.15, -0.1) is 0 Å². The Bertz CT molecular complexity index is 827. The largest absolute Gasteiger partial charge is 0.485 e. The van der Waals surface area contributed by atoms with Gasteiger partial charge < -0.3 is 9.15 Å². The Morgan fingerprint density at radius 3 is 2.74 bits per heavy atom. The van der Waals surface area contributed by atoms with Gasteiger partial charge in [0.25, 0.3) is 5.69 Å². The van der Waals surface area contributed by atoms with E-state index in [4.69, 9.17) is 9.15 Å². The van der Waals surface area contributed by atoms with Crippen LogP contribution in [0.3, 0.4) is 0 Å². The molecule has 3 rings (SSSR count). The molecule has 2 heterocycles. The van der Waals surface area contributed by atoms with Gasteiger partial charge in [-0.05, 0) is 31.2 Å². The Kier molecular flexibility index (Phi) is 4.01. The van der Waals surface area contributed by atoms with Crippen LogP contribution in [0.4, 0.5) is 5.69 Å². The van der Waals surface area contributed by atoms with Crippen molar-refractivity contribution in [2.24, 2.45) is 0 Å². The number of pyridine rings is 1. The Balaban J connectivity index is 1.70. The van der Waals surface area contributed by atoms with Gasteiger partial charge >= 0.3 is 0 Å². The lowest BCUT2D eigenvalue weighted by molar-refractivity contribution is -0.384. The van der Waals surface area contributed by atoms with Gasteiger partial charge in [0, 0.05) is 23.9 Å². The van der Waals surface area contributed by atoms with Gasteiger partial charge in [0.1, 0.15) is 24.3 Å². The van der Waals surface area contributed by atoms with Crippen molar-refractivity contribution in [2.75, 3.05) is 0 Å². The zero-order chi connectivity index (χ0) is 16.2. The highest BCUT2D eigenvalue weighted by Crippen LogP contribution is 2.22. The predicted molar refractivity (Wildman–Crippen MR) is 81.9 cm³/mol. The maximum absolute atomic E-state index is 10.6. The highest BCUT2D eigenvalue weighted by Gasteiger charge is 2.10. The fourth-order valence-corrected chi connectivity index (χ4v) is 2.01. The average molecular weight is 311 g/mol. The molecule has 0 fully saturated rings. The van der Waals surface area contributed by atoms with E-state index in [-0.39, 0.29) is 12.3 Å². The minimum atomic E-state index is -0.450. The van der Waals surface area contributed by atoms with Gasteiger partial charge in [-0.3, -0.25) is 15.1 Å². The summed E-state index contributed by atoms with van der Waals surface area (Å²) in [6.45, 7) is 2.11. The first-order valence-corrected chi connectivity index (χ1v) is 6.87. The fraction of sp³-hybridized carbons (Fsp3) is 0.125. The van der Waals surface area contributed by atoms with Gasteiger partial charge in [-0.1, -0.05) is 0 Å². The highest BCUT2D eigenvalue weighted by molar-refractivity contribution is 5.55. The molecule has 0 spiro atoms. The minimum absolute atomic E-state index is 0.0240. The summed E-state index contributed by atoms with van der Waals surface area (Å²) in [5.74, 6) is 1.08. The topological polar surface area (TPSA) is 91.3 Å². The number of non-ortho nitro benzene ring substituents is 1. The van der Waals surface area contributed by atoms with E-state index < -0.39 is 4.92 Å². The average Bonchev–Trinajstić information content (AvgIpc) is 3.03. The van der Waals surface area contributed by atoms with Crippen molar-refractivity contribution in [2.45, 2.75) is 13.5 Å². The van der Waals surface area contributed by atoms with E-state index >= 15 is 0 Å². The molecule has 0 radical (unpaired) electrons. The summed E-state index contributed by atoms with van der Waals surface area (Å²) in [4.78, 5) is 18.7. The first kappa shape index (κ1) is 14.7. The molecule has 116 valence electrons. The Hall–Kier alpha value is -3.22. The number of benzene rings is 1. The zero-order valence-electron chi connectivity index (χ0n) is 12.3. The highest BCUT2D eigenvalue weighted by atomic mass is 16.6. The normalized spacial score (nSPS) is 10.5. The van der Waals surface area contributed by atoms with Crippen molar-refractivity contribution >= 4 is 5.69 Å². The Labute approximate surface area is 131 Å². The summed E-state index contributed by atoms with van der Waals surface area (Å²) in [6.07, 6.45) is 3.20. The van der Waals surface area contributed by atoms with E-state index in [0.29, 0.717) is 22.9 Å². The van der Waals surface area contributed by atoms with Gasteiger partial charge in [-0.25, -0.2) is 4.98 Å². The van der Waals surface area contributed by atoms with Crippen molar-refractivity contribution in [3.05, 3.63) is 70.4 Å². The van der Waals surface area contributed by atoms with E-state index in [1.54, 1.807) is 24.4 Å². The minimum Gasteiger partial charge on any atom is -0.485 e. The lowest BCUT2D eigenvalue weighted by Gasteiger charge is -2.05. The molecular weight excluding hydrogens is 298 g/mol. The molecule has 0 saturated heterocycles. The van der Waals surface area contributed by atoms with E-state index in [0.717, 1.165) is 5.69 Å². The predicted octanol–water partition coefficient (Wildman–Crippen LogP) is 3.53. The van der Waals surface area contributed by atoms with Gasteiger partial charge in [-0.2, -0.15) is 0 Å². The summed E-state index contributed by atoms with van der Waals surface area (Å²) in [7, 11) is 0. The third-order valence-electron chi connectivity index (χ3n) is 3.21. The van der Waals surface area contributed by atoms with Crippen molar-refractivity contribution < 1.29 is 14.1 Å². The molecule has 23 heavy (non-hydrogen) atoms. The molecule has 0 atom stereocenters. The van der Waals surface area contributed by atoms with E-state index in [1.165, 1.54) is 18.4 Å². The third kappa shape index (κ3) is 3.34. The monoisotopic (exact) mass is 311 g/mol. The first-order valence-electron chi connectivity index (χ1n) is 6.87. The zero-order valence-corrected chi connectivity index (χ0v) is 12.3. The molecule has 0 bridgehead atoms. The third-order valence-corrected chi connectivity index (χ3v) is 3.21. The number of rotatable bonds is 5. The molecular formula is C16H13N3O4. The number of nitro benzene ring substituents is 1. The van der Waals surface area contributed by atoms with Crippen LogP contribution in [-0.4, -0.2) is 14.9 Å². The molecule has 0 saturated carbocycles. The molecule has 7 heteroatoms. The maximum atomic E-state index is 10.6. The van der Waals surface area contributed by atoms with Crippen molar-refractivity contribution in [1.82, 2.24) is 9.97 Å². The SMILES string of the molecule is Cc1ncccc1OCc1coc(-c2ccc([N+](=O)[O-])cc2)n1. The van der Waals surface area contributed by atoms with Crippen LogP contribution in [0.2, 0.25) is 0 Å². The molecule has 0 unspecified atom stereocenters. The van der Waals surface area contributed by atoms with Crippen LogP contribution in [0.1, 0.15) is 11.4 Å². The Morgan fingerprint density at radius 2 is 2.04 bits per heavy atom. The number of nitro groups is 1. The summed E-state index contributed by atoms with van der Waals surface area (Å²) in [5.41, 5.74) is 2.11. The van der Waals surface area contributed by atoms with Crippen molar-refractivity contribution in [3.8, 4) is 17.2 Å². The molecule has 0 N–H and O–H groups in total. The summed E-state index contributed by atoms with van der Waals surface area (Å²) in [5, 5.41) is 10.6. The molecule has 0 aliphatic heterocycles. The van der Waals surface area contributed by atoms with Crippen LogP contribution in [0.25, 0.3) is 11.5 Å².